The number of carbonyl (C=O) groups is 2. The number of primary amides is 1. The molecule has 226 valence electrons. The number of aromatic nitrogens is 3. The summed E-state index contributed by atoms with van der Waals surface area (Å²) < 4.78 is 82.7. The second kappa shape index (κ2) is 10.5. The van der Waals surface area contributed by atoms with Gasteiger partial charge in [0.2, 0.25) is 11.5 Å². The van der Waals surface area contributed by atoms with Crippen LogP contribution in [0, 0.1) is 5.82 Å². The van der Waals surface area contributed by atoms with E-state index in [0.29, 0.717) is 0 Å². The number of carbonyl (C=O) groups excluding carboxylic acids is 2. The summed E-state index contributed by atoms with van der Waals surface area (Å²) in [6.07, 6.45) is -2.90. The Morgan fingerprint density at radius 2 is 1.88 bits per heavy atom. The maximum Gasteiger partial charge on any atom is 0.424 e. The average molecular weight is 606 g/mol. The highest BCUT2D eigenvalue weighted by Crippen LogP contribution is 2.47. The number of alkyl halides is 4. The molecular formula is C28H24F5N5O5. The van der Waals surface area contributed by atoms with Crippen molar-refractivity contribution < 1.29 is 46.1 Å². The molecule has 1 aliphatic heterocycles. The molecule has 0 radical (unpaired) electrons. The second-order valence-corrected chi connectivity index (χ2v) is 10.2. The molecule has 43 heavy (non-hydrogen) atoms. The van der Waals surface area contributed by atoms with Gasteiger partial charge in [0.05, 0.1) is 30.6 Å². The molecule has 3 aromatic heterocycles. The van der Waals surface area contributed by atoms with Gasteiger partial charge in [0.15, 0.2) is 11.4 Å². The third kappa shape index (κ3) is 4.98. The number of methoxy groups -OCH3 is 1. The van der Waals surface area contributed by atoms with E-state index in [1.54, 1.807) is 0 Å². The number of imidazole rings is 1. The van der Waals surface area contributed by atoms with Gasteiger partial charge in [-0.15, -0.1) is 0 Å². The van der Waals surface area contributed by atoms with E-state index >= 15 is 0 Å². The van der Waals surface area contributed by atoms with Crippen molar-refractivity contribution in [2.75, 3.05) is 20.3 Å². The van der Waals surface area contributed by atoms with Crippen LogP contribution in [0.3, 0.4) is 0 Å². The Bertz CT molecular complexity index is 1740. The first-order valence-electron chi connectivity index (χ1n) is 12.7. The maximum atomic E-state index is 14.6. The quantitative estimate of drug-likeness (QED) is 0.262. The predicted molar refractivity (Wildman–Crippen MR) is 141 cm³/mol. The van der Waals surface area contributed by atoms with Crippen LogP contribution < -0.4 is 20.5 Å². The predicted octanol–water partition coefficient (Wildman–Crippen LogP) is 3.33. The number of halogens is 5. The number of nitrogens with zero attached hydrogens (tertiary/aromatic N) is 3. The van der Waals surface area contributed by atoms with Crippen molar-refractivity contribution >= 4 is 17.5 Å². The van der Waals surface area contributed by atoms with Crippen LogP contribution in [-0.2, 0) is 22.5 Å². The number of benzene rings is 1. The van der Waals surface area contributed by atoms with Crippen LogP contribution in [0.2, 0.25) is 0 Å². The first kappa shape index (κ1) is 29.7. The van der Waals surface area contributed by atoms with E-state index in [1.165, 1.54) is 49.0 Å². The zero-order chi connectivity index (χ0) is 31.3. The third-order valence-corrected chi connectivity index (χ3v) is 7.32. The smallest absolute Gasteiger partial charge is 0.424 e. The number of rotatable bonds is 8. The van der Waals surface area contributed by atoms with Crippen molar-refractivity contribution in [3.8, 4) is 22.8 Å². The molecule has 0 aliphatic carbocycles. The topological polar surface area (TPSA) is 141 Å². The van der Waals surface area contributed by atoms with Crippen molar-refractivity contribution in [2.45, 2.75) is 30.8 Å². The molecule has 1 aromatic carbocycles. The van der Waals surface area contributed by atoms with Crippen molar-refractivity contribution in [1.29, 1.82) is 0 Å². The zero-order valence-electron chi connectivity index (χ0n) is 22.6. The summed E-state index contributed by atoms with van der Waals surface area (Å²) in [6, 6.07) is 6.65. The Balaban J connectivity index is 1.58. The minimum absolute atomic E-state index is 0.0360. The van der Waals surface area contributed by atoms with Gasteiger partial charge in [-0.25, -0.2) is 18.7 Å². The number of nitrogens with one attached hydrogen (secondary N) is 1. The fourth-order valence-corrected chi connectivity index (χ4v) is 4.71. The monoisotopic (exact) mass is 605 g/mol. The fraction of sp³-hybridized carbons (Fsp3) is 0.286. The molecule has 0 fully saturated rings. The van der Waals surface area contributed by atoms with Gasteiger partial charge < -0.3 is 30.0 Å². The van der Waals surface area contributed by atoms with Gasteiger partial charge in [-0.3, -0.25) is 9.59 Å². The van der Waals surface area contributed by atoms with Gasteiger partial charge in [-0.2, -0.15) is 13.2 Å². The van der Waals surface area contributed by atoms with E-state index in [9.17, 15) is 36.6 Å². The highest BCUT2D eigenvalue weighted by molar-refractivity contribution is 5.95. The molecule has 2 atom stereocenters. The van der Waals surface area contributed by atoms with Crippen LogP contribution in [0.4, 0.5) is 22.0 Å². The molecule has 5 rings (SSSR count). The number of pyridine rings is 2. The van der Waals surface area contributed by atoms with E-state index in [1.807, 2.05) is 0 Å². The van der Waals surface area contributed by atoms with Crippen LogP contribution in [0.5, 0.6) is 11.5 Å². The molecule has 0 unspecified atom stereocenters. The molecule has 10 nitrogen and oxygen atoms in total. The summed E-state index contributed by atoms with van der Waals surface area (Å²) in [6.45, 7) is -1.26. The molecule has 1 aliphatic rings. The lowest BCUT2D eigenvalue weighted by Crippen LogP contribution is -2.51. The number of hydrogen-bond donors (Lipinski definition) is 3. The van der Waals surface area contributed by atoms with Crippen molar-refractivity contribution in [1.82, 2.24) is 19.7 Å². The largest absolute Gasteiger partial charge is 0.493 e. The van der Waals surface area contributed by atoms with Crippen LogP contribution in [0.1, 0.15) is 34.2 Å². The molecule has 0 bridgehead atoms. The van der Waals surface area contributed by atoms with E-state index in [0.717, 1.165) is 18.2 Å². The lowest BCUT2D eigenvalue weighted by atomic mass is 9.81. The summed E-state index contributed by atoms with van der Waals surface area (Å²) in [5.41, 5.74) is -0.878. The molecule has 15 heteroatoms. The summed E-state index contributed by atoms with van der Waals surface area (Å²) in [5, 5.41) is 13.3. The standard InChI is InChI=1S/C28H24F5N5O5/c1-26(25(34)40)13-43-22-18(26)8-20(37-21(22)14-3-5-16(30)6-4-14)27(41,28(31,32)33)12-35-24(39)15-7-19(42-2)23-36-17(9-29)11-38(23)10-15/h3-8,10-11,41H,9,12-13H2,1-2H3,(H2,34,40)(H,35,39)/t26-,27-/m0/s1. The maximum absolute atomic E-state index is 14.6. The van der Waals surface area contributed by atoms with Gasteiger partial charge >= 0.3 is 6.18 Å². The Morgan fingerprint density at radius 3 is 2.49 bits per heavy atom. The molecule has 4 N–H and O–H groups in total. The lowest BCUT2D eigenvalue weighted by Gasteiger charge is -2.31. The number of ether oxygens (including phenoxy) is 2. The molecule has 4 heterocycles. The molecule has 0 spiro atoms. The molecule has 4 aromatic rings. The highest BCUT2D eigenvalue weighted by atomic mass is 19.4. The van der Waals surface area contributed by atoms with E-state index in [4.69, 9.17) is 15.2 Å². The van der Waals surface area contributed by atoms with Crippen LogP contribution in [0.25, 0.3) is 16.9 Å². The zero-order valence-corrected chi connectivity index (χ0v) is 22.6. The first-order valence-corrected chi connectivity index (χ1v) is 12.7. The average Bonchev–Trinajstić information content (AvgIpc) is 3.56. The summed E-state index contributed by atoms with van der Waals surface area (Å²) in [4.78, 5) is 33.5. The van der Waals surface area contributed by atoms with E-state index in [-0.39, 0.29) is 51.8 Å². The van der Waals surface area contributed by atoms with Gasteiger partial charge in [0.1, 0.15) is 36.0 Å². The Morgan fingerprint density at radius 1 is 1.19 bits per heavy atom. The van der Waals surface area contributed by atoms with Crippen LogP contribution >= 0.6 is 0 Å². The summed E-state index contributed by atoms with van der Waals surface area (Å²) in [5.74, 6) is -2.58. The van der Waals surface area contributed by atoms with Crippen molar-refractivity contribution in [3.63, 3.8) is 0 Å². The SMILES string of the molecule is COc1cc(C(=O)NC[C@](O)(c2cc3c(c(-c4ccc(F)cc4)n2)OC[C@]3(C)C(N)=O)C(F)(F)F)cn2cc(CF)nc12. The lowest BCUT2D eigenvalue weighted by molar-refractivity contribution is -0.265. The number of amides is 2. The molecule has 2 amide bonds. The molecule has 0 saturated heterocycles. The Labute approximate surface area is 240 Å². The molecular weight excluding hydrogens is 581 g/mol. The number of nitrogens with two attached hydrogens (primary N) is 1. The van der Waals surface area contributed by atoms with Gasteiger partial charge in [0.25, 0.3) is 5.91 Å². The number of aliphatic hydroxyl groups is 1. The fourth-order valence-electron chi connectivity index (χ4n) is 4.71. The van der Waals surface area contributed by atoms with Crippen molar-refractivity contribution in [2.24, 2.45) is 5.73 Å². The van der Waals surface area contributed by atoms with Gasteiger partial charge in [0, 0.05) is 23.5 Å². The molecule has 0 saturated carbocycles. The second-order valence-electron chi connectivity index (χ2n) is 10.2. The minimum Gasteiger partial charge on any atom is -0.493 e. The van der Waals surface area contributed by atoms with Gasteiger partial charge in [-0.1, -0.05) is 0 Å². The Hall–Kier alpha value is -4.79. The van der Waals surface area contributed by atoms with Gasteiger partial charge in [-0.05, 0) is 43.3 Å². The normalized spacial score (nSPS) is 17.7. The summed E-state index contributed by atoms with van der Waals surface area (Å²) >= 11 is 0. The van der Waals surface area contributed by atoms with Crippen molar-refractivity contribution in [3.05, 3.63) is 77.1 Å². The Kier molecular flexibility index (Phi) is 7.24. The third-order valence-electron chi connectivity index (χ3n) is 7.32. The van der Waals surface area contributed by atoms with E-state index < -0.39 is 53.7 Å². The first-order chi connectivity index (χ1) is 20.2. The number of hydrogen-bond acceptors (Lipinski definition) is 7. The van der Waals surface area contributed by atoms with Crippen LogP contribution in [-0.4, -0.2) is 57.7 Å². The van der Waals surface area contributed by atoms with E-state index in [2.05, 4.69) is 15.3 Å². The summed E-state index contributed by atoms with van der Waals surface area (Å²) in [7, 11) is 1.27. The van der Waals surface area contributed by atoms with Crippen LogP contribution in [0.15, 0.2) is 48.8 Å². The minimum atomic E-state index is -5.40. The number of fused-ring (bicyclic) bond motifs is 2. The highest BCUT2D eigenvalue weighted by Gasteiger charge is 2.57.